The molecule has 1 N–H and O–H groups in total. The number of hydrogen-bond acceptors (Lipinski definition) is 5. The summed E-state index contributed by atoms with van der Waals surface area (Å²) in [6.45, 7) is 2.19. The van der Waals surface area contributed by atoms with E-state index in [1.54, 1.807) is 18.2 Å². The second-order valence-electron chi connectivity index (χ2n) is 6.08. The van der Waals surface area contributed by atoms with E-state index in [9.17, 15) is 4.79 Å². The van der Waals surface area contributed by atoms with Crippen molar-refractivity contribution in [1.82, 2.24) is 15.5 Å². The van der Waals surface area contributed by atoms with Crippen LogP contribution in [0, 0.1) is 6.92 Å². The Labute approximate surface area is 160 Å². The number of amides is 1. The van der Waals surface area contributed by atoms with E-state index >= 15 is 0 Å². The van der Waals surface area contributed by atoms with Crippen molar-refractivity contribution in [2.45, 2.75) is 13.3 Å². The van der Waals surface area contributed by atoms with Gasteiger partial charge in [-0.05, 0) is 25.1 Å². The third-order valence-corrected chi connectivity index (χ3v) is 4.46. The van der Waals surface area contributed by atoms with Gasteiger partial charge in [0.15, 0.2) is 5.76 Å². The van der Waals surface area contributed by atoms with Gasteiger partial charge in [-0.2, -0.15) is 4.98 Å². The molecule has 0 atom stereocenters. The van der Waals surface area contributed by atoms with Gasteiger partial charge >= 0.3 is 0 Å². The van der Waals surface area contributed by atoms with Gasteiger partial charge in [-0.3, -0.25) is 4.79 Å². The van der Waals surface area contributed by atoms with Gasteiger partial charge in [0.2, 0.25) is 11.7 Å². The second-order valence-corrected chi connectivity index (χ2v) is 6.52. The molecule has 0 saturated heterocycles. The molecule has 7 heteroatoms. The van der Waals surface area contributed by atoms with Crippen molar-refractivity contribution < 1.29 is 13.7 Å². The highest BCUT2D eigenvalue weighted by atomic mass is 35.5. The number of carbonyl (C=O) groups is 1. The van der Waals surface area contributed by atoms with Crippen LogP contribution in [0.25, 0.3) is 22.4 Å². The smallest absolute Gasteiger partial charge is 0.287 e. The van der Waals surface area contributed by atoms with Crippen LogP contribution in [0.4, 0.5) is 0 Å². The molecule has 4 rings (SSSR count). The molecule has 4 aromatic rings. The molecule has 0 saturated carbocycles. The summed E-state index contributed by atoms with van der Waals surface area (Å²) in [6.07, 6.45) is 0.427. The van der Waals surface area contributed by atoms with Crippen LogP contribution in [0.5, 0.6) is 0 Å². The van der Waals surface area contributed by atoms with E-state index in [0.717, 1.165) is 16.5 Å². The summed E-state index contributed by atoms with van der Waals surface area (Å²) in [5, 5.41) is 8.21. The summed E-state index contributed by atoms with van der Waals surface area (Å²) >= 11 is 6.01. The summed E-state index contributed by atoms with van der Waals surface area (Å²) in [5.74, 6) is 0.981. The highest BCUT2D eigenvalue weighted by molar-refractivity contribution is 6.31. The minimum atomic E-state index is -0.289. The molecule has 2 aromatic heterocycles. The predicted octanol–water partition coefficient (Wildman–Crippen LogP) is 4.42. The van der Waals surface area contributed by atoms with Gasteiger partial charge in [-0.1, -0.05) is 47.1 Å². The lowest BCUT2D eigenvalue weighted by Crippen LogP contribution is -2.25. The van der Waals surface area contributed by atoms with Gasteiger partial charge in [0.05, 0.1) is 0 Å². The molecule has 2 aromatic carbocycles. The predicted molar refractivity (Wildman–Crippen MR) is 102 cm³/mol. The van der Waals surface area contributed by atoms with E-state index in [0.29, 0.717) is 35.3 Å². The summed E-state index contributed by atoms with van der Waals surface area (Å²) in [4.78, 5) is 16.8. The summed E-state index contributed by atoms with van der Waals surface area (Å²) in [6, 6.07) is 14.8. The number of fused-ring (bicyclic) bond motifs is 1. The Morgan fingerprint density at radius 3 is 2.81 bits per heavy atom. The molecular weight excluding hydrogens is 366 g/mol. The quantitative estimate of drug-likeness (QED) is 0.553. The van der Waals surface area contributed by atoms with Gasteiger partial charge in [-0.15, -0.1) is 0 Å². The lowest BCUT2D eigenvalue weighted by Gasteiger charge is -2.01. The van der Waals surface area contributed by atoms with Gasteiger partial charge < -0.3 is 14.3 Å². The fourth-order valence-electron chi connectivity index (χ4n) is 2.83. The van der Waals surface area contributed by atoms with Gasteiger partial charge in [0, 0.05) is 34.5 Å². The number of aromatic nitrogens is 2. The zero-order chi connectivity index (χ0) is 18.8. The molecule has 2 heterocycles. The molecule has 0 spiro atoms. The summed E-state index contributed by atoms with van der Waals surface area (Å²) in [5.41, 5.74) is 2.27. The van der Waals surface area contributed by atoms with Crippen molar-refractivity contribution in [3.05, 3.63) is 70.8 Å². The molecule has 0 fully saturated rings. The lowest BCUT2D eigenvalue weighted by molar-refractivity contribution is 0.0927. The van der Waals surface area contributed by atoms with E-state index < -0.39 is 0 Å². The largest absolute Gasteiger partial charge is 0.451 e. The van der Waals surface area contributed by atoms with Crippen LogP contribution >= 0.6 is 11.6 Å². The minimum Gasteiger partial charge on any atom is -0.451 e. The maximum Gasteiger partial charge on any atom is 0.287 e. The number of hydrogen-bond donors (Lipinski definition) is 1. The van der Waals surface area contributed by atoms with E-state index in [2.05, 4.69) is 15.5 Å². The average Bonchev–Trinajstić information content (AvgIpc) is 3.28. The molecule has 0 aliphatic heterocycles. The van der Waals surface area contributed by atoms with E-state index in [1.165, 1.54) is 0 Å². The Balaban J connectivity index is 1.40. The van der Waals surface area contributed by atoms with Crippen molar-refractivity contribution in [3.63, 3.8) is 0 Å². The van der Waals surface area contributed by atoms with Gasteiger partial charge in [0.1, 0.15) is 5.58 Å². The molecule has 0 bridgehead atoms. The number of halogens is 1. The third kappa shape index (κ3) is 3.57. The number of nitrogens with zero attached hydrogens (tertiary/aromatic N) is 2. The Hall–Kier alpha value is -3.12. The molecule has 0 unspecified atom stereocenters. The number of rotatable bonds is 5. The zero-order valence-electron chi connectivity index (χ0n) is 14.5. The number of benzene rings is 2. The summed E-state index contributed by atoms with van der Waals surface area (Å²) < 4.78 is 10.9. The van der Waals surface area contributed by atoms with Crippen LogP contribution in [0.15, 0.2) is 57.5 Å². The first-order chi connectivity index (χ1) is 13.1. The average molecular weight is 382 g/mol. The SMILES string of the molecule is Cc1c(C(=O)NCCc2nc(-c3ccccc3)no2)oc2ccc(Cl)cc12. The van der Waals surface area contributed by atoms with Gasteiger partial charge in [-0.25, -0.2) is 0 Å². The Morgan fingerprint density at radius 1 is 1.19 bits per heavy atom. The summed E-state index contributed by atoms with van der Waals surface area (Å²) in [7, 11) is 0. The van der Waals surface area contributed by atoms with Crippen LogP contribution in [-0.4, -0.2) is 22.6 Å². The normalized spacial score (nSPS) is 11.0. The number of carbonyl (C=O) groups excluding carboxylic acids is 1. The van der Waals surface area contributed by atoms with Crippen molar-refractivity contribution in [2.24, 2.45) is 0 Å². The number of furan rings is 1. The molecule has 0 aliphatic rings. The number of nitrogens with one attached hydrogen (secondary N) is 1. The monoisotopic (exact) mass is 381 g/mol. The zero-order valence-corrected chi connectivity index (χ0v) is 15.3. The molecule has 6 nitrogen and oxygen atoms in total. The molecule has 1 amide bonds. The minimum absolute atomic E-state index is 0.280. The van der Waals surface area contributed by atoms with Crippen LogP contribution in [0.3, 0.4) is 0 Å². The van der Waals surface area contributed by atoms with Crippen molar-refractivity contribution in [1.29, 1.82) is 0 Å². The fourth-order valence-corrected chi connectivity index (χ4v) is 3.01. The Kier molecular flexibility index (Phi) is 4.64. The standard InChI is InChI=1S/C20H16ClN3O3/c1-12-15-11-14(21)7-8-16(15)26-18(12)20(25)22-10-9-17-23-19(24-27-17)13-5-3-2-4-6-13/h2-8,11H,9-10H2,1H3,(H,22,25). The fraction of sp³-hybridized carbons (Fsp3) is 0.150. The molecular formula is C20H16ClN3O3. The van der Waals surface area contributed by atoms with Gasteiger partial charge in [0.25, 0.3) is 5.91 Å². The van der Waals surface area contributed by atoms with Crippen LogP contribution < -0.4 is 5.32 Å². The first kappa shape index (κ1) is 17.3. The first-order valence-corrected chi connectivity index (χ1v) is 8.84. The van der Waals surface area contributed by atoms with E-state index in [1.807, 2.05) is 37.3 Å². The van der Waals surface area contributed by atoms with Crippen LogP contribution in [-0.2, 0) is 6.42 Å². The first-order valence-electron chi connectivity index (χ1n) is 8.46. The molecule has 0 aliphatic carbocycles. The Morgan fingerprint density at radius 2 is 2.00 bits per heavy atom. The highest BCUT2D eigenvalue weighted by Gasteiger charge is 2.18. The van der Waals surface area contributed by atoms with E-state index in [-0.39, 0.29) is 11.7 Å². The lowest BCUT2D eigenvalue weighted by atomic mass is 10.1. The topological polar surface area (TPSA) is 81.2 Å². The maximum absolute atomic E-state index is 12.4. The molecule has 27 heavy (non-hydrogen) atoms. The van der Waals surface area contributed by atoms with Crippen LogP contribution in [0.1, 0.15) is 22.0 Å². The third-order valence-electron chi connectivity index (χ3n) is 4.23. The highest BCUT2D eigenvalue weighted by Crippen LogP contribution is 2.27. The van der Waals surface area contributed by atoms with Crippen LogP contribution in [0.2, 0.25) is 5.02 Å². The van der Waals surface area contributed by atoms with Crippen molar-refractivity contribution in [3.8, 4) is 11.4 Å². The molecule has 136 valence electrons. The molecule has 0 radical (unpaired) electrons. The maximum atomic E-state index is 12.4. The second kappa shape index (κ2) is 7.25. The van der Waals surface area contributed by atoms with Crippen molar-refractivity contribution >= 4 is 28.5 Å². The Bertz CT molecular complexity index is 1100. The number of aryl methyl sites for hydroxylation is 1. The van der Waals surface area contributed by atoms with Crippen molar-refractivity contribution in [2.75, 3.05) is 6.54 Å². The van der Waals surface area contributed by atoms with E-state index in [4.69, 9.17) is 20.5 Å².